The van der Waals surface area contributed by atoms with Crippen molar-refractivity contribution in [1.82, 2.24) is 0 Å². The molecule has 0 amide bonds. The predicted molar refractivity (Wildman–Crippen MR) is 91.2 cm³/mol. The highest BCUT2D eigenvalue weighted by Gasteiger charge is 2.10. The van der Waals surface area contributed by atoms with E-state index in [4.69, 9.17) is 29.6 Å². The van der Waals surface area contributed by atoms with E-state index in [-0.39, 0.29) is 4.99 Å². The minimum atomic E-state index is 0.289. The van der Waals surface area contributed by atoms with E-state index in [9.17, 15) is 0 Å². The molecule has 0 heterocycles. The summed E-state index contributed by atoms with van der Waals surface area (Å²) in [5.41, 5.74) is 9.52. The van der Waals surface area contributed by atoms with E-state index in [2.05, 4.69) is 31.3 Å². The first-order valence-corrected chi connectivity index (χ1v) is 7.23. The maximum atomic E-state index is 6.15. The first-order valence-electron chi connectivity index (χ1n) is 6.44. The number of rotatable bonds is 4. The largest absolute Gasteiger partial charge is 0.389 e. The summed E-state index contributed by atoms with van der Waals surface area (Å²) in [7, 11) is 0. The molecule has 0 aliphatic heterocycles. The zero-order chi connectivity index (χ0) is 14.7. The number of nitrogens with two attached hydrogens (primary N) is 1. The molecule has 0 atom stereocenters. The fraction of sp³-hybridized carbons (Fsp3) is 0.188. The average Bonchev–Trinajstić information content (AvgIpc) is 2.39. The van der Waals surface area contributed by atoms with Crippen molar-refractivity contribution in [1.29, 1.82) is 0 Å². The molecular formula is C16H17ClN2S. The summed E-state index contributed by atoms with van der Waals surface area (Å²) in [6, 6.07) is 13.9. The molecular weight excluding hydrogens is 288 g/mol. The molecule has 2 aromatic rings. The molecule has 104 valence electrons. The summed E-state index contributed by atoms with van der Waals surface area (Å²) < 4.78 is 0. The second-order valence-corrected chi connectivity index (χ2v) is 5.78. The molecule has 0 saturated carbocycles. The number of benzene rings is 2. The summed E-state index contributed by atoms with van der Waals surface area (Å²) in [5.74, 6) is 0.516. The first-order chi connectivity index (χ1) is 9.49. The van der Waals surface area contributed by atoms with Gasteiger partial charge in [-0.3, -0.25) is 0 Å². The third-order valence-electron chi connectivity index (χ3n) is 3.12. The Morgan fingerprint density at radius 1 is 1.15 bits per heavy atom. The summed E-state index contributed by atoms with van der Waals surface area (Å²) >= 11 is 11.2. The highest BCUT2D eigenvalue weighted by molar-refractivity contribution is 7.80. The molecule has 0 fully saturated rings. The van der Waals surface area contributed by atoms with E-state index in [1.165, 1.54) is 5.56 Å². The van der Waals surface area contributed by atoms with Crippen LogP contribution in [0.2, 0.25) is 5.02 Å². The number of hydrogen-bond donors (Lipinski definition) is 2. The molecule has 2 aromatic carbocycles. The van der Waals surface area contributed by atoms with Gasteiger partial charge in [0.25, 0.3) is 0 Å². The summed E-state index contributed by atoms with van der Waals surface area (Å²) in [6.07, 6.45) is 0. The van der Waals surface area contributed by atoms with Crippen LogP contribution in [0.3, 0.4) is 0 Å². The zero-order valence-corrected chi connectivity index (χ0v) is 13.1. The number of hydrogen-bond acceptors (Lipinski definition) is 2. The van der Waals surface area contributed by atoms with Gasteiger partial charge in [-0.05, 0) is 35.7 Å². The van der Waals surface area contributed by atoms with Crippen LogP contribution in [0.5, 0.6) is 0 Å². The normalized spacial score (nSPS) is 10.6. The van der Waals surface area contributed by atoms with E-state index in [1.807, 2.05) is 24.3 Å². The summed E-state index contributed by atoms with van der Waals surface area (Å²) in [6.45, 7) is 4.34. The van der Waals surface area contributed by atoms with Crippen LogP contribution in [-0.4, -0.2) is 4.99 Å². The Balaban J connectivity index is 2.30. The van der Waals surface area contributed by atoms with Crippen molar-refractivity contribution in [2.75, 3.05) is 5.32 Å². The van der Waals surface area contributed by atoms with Crippen LogP contribution in [0.1, 0.15) is 30.9 Å². The maximum Gasteiger partial charge on any atom is 0.107 e. The third-order valence-corrected chi connectivity index (χ3v) is 3.64. The summed E-state index contributed by atoms with van der Waals surface area (Å²) in [4.78, 5) is 0.289. The van der Waals surface area contributed by atoms with Crippen LogP contribution in [0, 0.1) is 0 Å². The van der Waals surface area contributed by atoms with E-state index < -0.39 is 0 Å². The Bertz CT molecular complexity index is 621. The Hall–Kier alpha value is -1.58. The van der Waals surface area contributed by atoms with Gasteiger partial charge >= 0.3 is 0 Å². The second kappa shape index (κ2) is 6.25. The van der Waals surface area contributed by atoms with Gasteiger partial charge in [0.15, 0.2) is 0 Å². The van der Waals surface area contributed by atoms with Crippen LogP contribution >= 0.6 is 23.8 Å². The fourth-order valence-corrected chi connectivity index (χ4v) is 2.54. The van der Waals surface area contributed by atoms with Crippen molar-refractivity contribution in [3.63, 3.8) is 0 Å². The van der Waals surface area contributed by atoms with Gasteiger partial charge in [-0.25, -0.2) is 0 Å². The van der Waals surface area contributed by atoms with E-state index in [1.54, 1.807) is 6.07 Å². The maximum absolute atomic E-state index is 6.15. The zero-order valence-electron chi connectivity index (χ0n) is 11.5. The molecule has 4 heteroatoms. The van der Waals surface area contributed by atoms with Gasteiger partial charge in [-0.1, -0.05) is 55.9 Å². The van der Waals surface area contributed by atoms with E-state index in [0.717, 1.165) is 11.4 Å². The molecule has 20 heavy (non-hydrogen) atoms. The molecule has 0 radical (unpaired) electrons. The van der Waals surface area contributed by atoms with Gasteiger partial charge in [-0.15, -0.1) is 0 Å². The quantitative estimate of drug-likeness (QED) is 0.794. The van der Waals surface area contributed by atoms with Crippen LogP contribution in [-0.2, 0) is 0 Å². The van der Waals surface area contributed by atoms with E-state index >= 15 is 0 Å². The molecule has 2 rings (SSSR count). The average molecular weight is 305 g/mol. The first kappa shape index (κ1) is 14.8. The van der Waals surface area contributed by atoms with Crippen LogP contribution < -0.4 is 11.1 Å². The van der Waals surface area contributed by atoms with Gasteiger partial charge in [0.05, 0.1) is 16.3 Å². The third kappa shape index (κ3) is 3.30. The predicted octanol–water partition coefficient (Wildman–Crippen LogP) is 4.84. The monoisotopic (exact) mass is 304 g/mol. The lowest BCUT2D eigenvalue weighted by molar-refractivity contribution is 0.867. The lowest BCUT2D eigenvalue weighted by atomic mass is 10.0. The molecule has 0 bridgehead atoms. The molecule has 0 spiro atoms. The minimum Gasteiger partial charge on any atom is -0.389 e. The molecule has 3 N–H and O–H groups in total. The Morgan fingerprint density at radius 2 is 1.80 bits per heavy atom. The standard InChI is InChI=1S/C16H17ClN2S/c1-10(2)11-6-8-12(9-7-11)19-14-5-3-4-13(17)15(14)16(18)20/h3-10,19H,1-2H3,(H2,18,20). The van der Waals surface area contributed by atoms with Crippen molar-refractivity contribution in [3.8, 4) is 0 Å². The SMILES string of the molecule is CC(C)c1ccc(Nc2cccc(Cl)c2C(N)=S)cc1. The van der Waals surface area contributed by atoms with Gasteiger partial charge in [-0.2, -0.15) is 0 Å². The van der Waals surface area contributed by atoms with Gasteiger partial charge in [0.2, 0.25) is 0 Å². The molecule has 0 aromatic heterocycles. The van der Waals surface area contributed by atoms with Crippen LogP contribution in [0.4, 0.5) is 11.4 Å². The molecule has 0 unspecified atom stereocenters. The van der Waals surface area contributed by atoms with Crippen LogP contribution in [0.25, 0.3) is 0 Å². The topological polar surface area (TPSA) is 38.0 Å². The Kier molecular flexibility index (Phi) is 4.63. The van der Waals surface area contributed by atoms with Crippen molar-refractivity contribution >= 4 is 40.2 Å². The van der Waals surface area contributed by atoms with Gasteiger partial charge < -0.3 is 11.1 Å². The number of anilines is 2. The van der Waals surface area contributed by atoms with Crippen LogP contribution in [0.15, 0.2) is 42.5 Å². The fourth-order valence-electron chi connectivity index (χ4n) is 1.99. The Morgan fingerprint density at radius 3 is 2.35 bits per heavy atom. The molecule has 2 nitrogen and oxygen atoms in total. The Labute approximate surface area is 130 Å². The van der Waals surface area contributed by atoms with Gasteiger partial charge in [0, 0.05) is 5.69 Å². The second-order valence-electron chi connectivity index (χ2n) is 4.93. The highest BCUT2D eigenvalue weighted by atomic mass is 35.5. The molecule has 0 aliphatic rings. The highest BCUT2D eigenvalue weighted by Crippen LogP contribution is 2.27. The number of halogens is 1. The minimum absolute atomic E-state index is 0.289. The van der Waals surface area contributed by atoms with E-state index in [0.29, 0.717) is 16.5 Å². The van der Waals surface area contributed by atoms with Crippen molar-refractivity contribution < 1.29 is 0 Å². The molecule has 0 saturated heterocycles. The lowest BCUT2D eigenvalue weighted by Crippen LogP contribution is -2.12. The number of thiocarbonyl (C=S) groups is 1. The molecule has 0 aliphatic carbocycles. The summed E-state index contributed by atoms with van der Waals surface area (Å²) in [5, 5.41) is 3.87. The van der Waals surface area contributed by atoms with Crippen molar-refractivity contribution in [2.45, 2.75) is 19.8 Å². The number of nitrogens with one attached hydrogen (secondary N) is 1. The van der Waals surface area contributed by atoms with Gasteiger partial charge in [0.1, 0.15) is 4.99 Å². The lowest BCUT2D eigenvalue weighted by Gasteiger charge is -2.13. The van der Waals surface area contributed by atoms with Crippen molar-refractivity contribution in [3.05, 3.63) is 58.6 Å². The smallest absolute Gasteiger partial charge is 0.107 e. The van der Waals surface area contributed by atoms with Crippen molar-refractivity contribution in [2.24, 2.45) is 5.73 Å².